The van der Waals surface area contributed by atoms with Crippen molar-refractivity contribution in [1.82, 2.24) is 15.0 Å². The van der Waals surface area contributed by atoms with Crippen molar-refractivity contribution < 1.29 is 18.0 Å². The minimum Gasteiger partial charge on any atom is -0.361 e. The standard InChI is InChI=1S/C29H35N3O4S/c1-21-15-24(17-25-13-14-30-27(25)16-21)19-31-29(34)18-22-7-5-6-10-26(28(33)12-11-22)32-37(35,36)20-23-8-3-2-4-9-23/h2-4,8-9,13-17,22,26,30,32H,1,5-7,10-12,18-20H2,(H,31,34)/t22?,26-/m0/s1. The van der Waals surface area contributed by atoms with Crippen LogP contribution in [0.4, 0.5) is 0 Å². The van der Waals surface area contributed by atoms with Crippen LogP contribution in [-0.4, -0.2) is 37.7 Å². The summed E-state index contributed by atoms with van der Waals surface area (Å²) in [6, 6.07) is 10.2. The monoisotopic (exact) mass is 521 g/mol. The normalized spacial score (nSPS) is 20.7. The predicted molar refractivity (Wildman–Crippen MR) is 146 cm³/mol. The summed E-state index contributed by atoms with van der Waals surface area (Å²) in [5.74, 6) is -0.195. The number of allylic oxidation sites excluding steroid dienone is 2. The Morgan fingerprint density at radius 2 is 1.81 bits per heavy atom. The number of ketones is 1. The Kier molecular flexibility index (Phi) is 8.95. The summed E-state index contributed by atoms with van der Waals surface area (Å²) in [4.78, 5) is 28.8. The number of H-pyrrole nitrogens is 1. The van der Waals surface area contributed by atoms with E-state index in [0.29, 0.717) is 31.4 Å². The molecule has 2 atom stereocenters. The van der Waals surface area contributed by atoms with Gasteiger partial charge in [-0.3, -0.25) is 9.59 Å². The van der Waals surface area contributed by atoms with Crippen LogP contribution in [0.25, 0.3) is 12.2 Å². The van der Waals surface area contributed by atoms with Gasteiger partial charge >= 0.3 is 0 Å². The Bertz CT molecular complexity index is 1390. The second-order valence-electron chi connectivity index (χ2n) is 9.98. The number of Topliss-reactive ketones (excluding diaryl/α,β-unsaturated/α-hetero) is 1. The van der Waals surface area contributed by atoms with E-state index in [9.17, 15) is 18.0 Å². The van der Waals surface area contributed by atoms with E-state index in [0.717, 1.165) is 41.0 Å². The van der Waals surface area contributed by atoms with E-state index in [1.165, 1.54) is 0 Å². The molecule has 8 heteroatoms. The zero-order valence-electron chi connectivity index (χ0n) is 21.0. The zero-order valence-corrected chi connectivity index (χ0v) is 21.9. The first-order valence-electron chi connectivity index (χ1n) is 12.9. The van der Waals surface area contributed by atoms with Crippen LogP contribution in [-0.2, 0) is 25.4 Å². The molecule has 1 unspecified atom stereocenters. The SMILES string of the molecule is C=C1C=C(CNC(=O)CC2CCCC[C@H](NS(=O)(=O)Cc3ccccc3)C(=O)CC2)C=c2cc[nH]c2=C1. The second-order valence-corrected chi connectivity index (χ2v) is 11.7. The number of carbonyl (C=O) groups is 2. The summed E-state index contributed by atoms with van der Waals surface area (Å²) in [7, 11) is -3.63. The van der Waals surface area contributed by atoms with Gasteiger partial charge in [-0.15, -0.1) is 0 Å². The average molecular weight is 522 g/mol. The van der Waals surface area contributed by atoms with Crippen molar-refractivity contribution in [3.8, 4) is 0 Å². The van der Waals surface area contributed by atoms with Gasteiger partial charge in [-0.05, 0) is 65.3 Å². The molecule has 1 aromatic carbocycles. The van der Waals surface area contributed by atoms with Crippen LogP contribution in [0, 0.1) is 5.92 Å². The fourth-order valence-electron chi connectivity index (χ4n) is 4.98. The number of rotatable bonds is 8. The minimum atomic E-state index is -3.63. The van der Waals surface area contributed by atoms with Gasteiger partial charge in [-0.1, -0.05) is 55.8 Å². The molecule has 0 aliphatic heterocycles. The highest BCUT2D eigenvalue weighted by Gasteiger charge is 2.27. The number of hydrogen-bond acceptors (Lipinski definition) is 4. The van der Waals surface area contributed by atoms with Crippen molar-refractivity contribution in [2.45, 2.75) is 56.7 Å². The van der Waals surface area contributed by atoms with E-state index in [-0.39, 0.29) is 29.8 Å². The van der Waals surface area contributed by atoms with Crippen LogP contribution >= 0.6 is 0 Å². The Balaban J connectivity index is 1.28. The summed E-state index contributed by atoms with van der Waals surface area (Å²) in [6.07, 6.45) is 12.0. The Morgan fingerprint density at radius 1 is 1.03 bits per heavy atom. The molecule has 4 rings (SSSR count). The first-order valence-corrected chi connectivity index (χ1v) is 14.5. The molecule has 7 nitrogen and oxygen atoms in total. The predicted octanol–water partition coefficient (Wildman–Crippen LogP) is 2.61. The van der Waals surface area contributed by atoms with Crippen LogP contribution in [0.3, 0.4) is 0 Å². The summed E-state index contributed by atoms with van der Waals surface area (Å²) < 4.78 is 28.0. The third kappa shape index (κ3) is 8.13. The highest BCUT2D eigenvalue weighted by atomic mass is 32.2. The number of hydrogen-bond donors (Lipinski definition) is 3. The van der Waals surface area contributed by atoms with Crippen molar-refractivity contribution in [3.63, 3.8) is 0 Å². The third-order valence-electron chi connectivity index (χ3n) is 6.88. The Hall–Kier alpha value is -3.23. The Morgan fingerprint density at radius 3 is 2.62 bits per heavy atom. The van der Waals surface area contributed by atoms with Crippen LogP contribution < -0.4 is 20.6 Å². The first-order chi connectivity index (χ1) is 17.8. The lowest BCUT2D eigenvalue weighted by Crippen LogP contribution is -2.41. The zero-order chi connectivity index (χ0) is 26.3. The van der Waals surface area contributed by atoms with Crippen LogP contribution in [0.15, 0.2) is 66.4 Å². The molecule has 2 aromatic rings. The fraction of sp³-hybridized carbons (Fsp3) is 0.379. The van der Waals surface area contributed by atoms with E-state index in [1.807, 2.05) is 36.6 Å². The molecule has 2 aliphatic carbocycles. The number of aromatic nitrogens is 1. The third-order valence-corrected chi connectivity index (χ3v) is 8.24. The maximum Gasteiger partial charge on any atom is 0.220 e. The Labute approximate surface area is 218 Å². The molecule has 1 heterocycles. The lowest BCUT2D eigenvalue weighted by atomic mass is 9.93. The van der Waals surface area contributed by atoms with Gasteiger partial charge in [0.15, 0.2) is 5.78 Å². The van der Waals surface area contributed by atoms with Gasteiger partial charge in [-0.25, -0.2) is 13.1 Å². The topological polar surface area (TPSA) is 108 Å². The molecule has 0 saturated heterocycles. The smallest absolute Gasteiger partial charge is 0.220 e. The number of amides is 1. The van der Waals surface area contributed by atoms with Gasteiger partial charge in [0.25, 0.3) is 0 Å². The number of carbonyl (C=O) groups excluding carboxylic acids is 2. The summed E-state index contributed by atoms with van der Waals surface area (Å²) in [5.41, 5.74) is 2.53. The average Bonchev–Trinajstić information content (AvgIpc) is 3.24. The van der Waals surface area contributed by atoms with Crippen molar-refractivity contribution in [2.75, 3.05) is 6.54 Å². The summed E-state index contributed by atoms with van der Waals surface area (Å²) >= 11 is 0. The molecular formula is C29H35N3O4S. The van der Waals surface area contributed by atoms with E-state index in [4.69, 9.17) is 0 Å². The van der Waals surface area contributed by atoms with Gasteiger partial charge in [0.1, 0.15) is 0 Å². The van der Waals surface area contributed by atoms with Gasteiger partial charge in [0.2, 0.25) is 15.9 Å². The number of benzene rings is 1. The fourth-order valence-corrected chi connectivity index (χ4v) is 6.37. The highest BCUT2D eigenvalue weighted by Crippen LogP contribution is 2.24. The molecule has 1 aromatic heterocycles. The molecule has 3 N–H and O–H groups in total. The van der Waals surface area contributed by atoms with Crippen molar-refractivity contribution in [3.05, 3.63) is 82.5 Å². The first kappa shape index (κ1) is 26.8. The van der Waals surface area contributed by atoms with Crippen LogP contribution in [0.5, 0.6) is 0 Å². The van der Waals surface area contributed by atoms with E-state index < -0.39 is 16.1 Å². The molecule has 0 radical (unpaired) electrons. The van der Waals surface area contributed by atoms with Gasteiger partial charge in [0.05, 0.1) is 11.8 Å². The maximum absolute atomic E-state index is 12.9. The molecule has 196 valence electrons. The molecule has 0 spiro atoms. The van der Waals surface area contributed by atoms with E-state index in [2.05, 4.69) is 21.6 Å². The van der Waals surface area contributed by atoms with E-state index >= 15 is 0 Å². The maximum atomic E-state index is 12.9. The number of sulfonamides is 1. The van der Waals surface area contributed by atoms with Crippen molar-refractivity contribution in [1.29, 1.82) is 0 Å². The highest BCUT2D eigenvalue weighted by molar-refractivity contribution is 7.88. The molecule has 1 saturated carbocycles. The summed E-state index contributed by atoms with van der Waals surface area (Å²) in [5, 5.41) is 5.07. The molecule has 2 aliphatic rings. The second kappa shape index (κ2) is 12.3. The van der Waals surface area contributed by atoms with Crippen LogP contribution in [0.1, 0.15) is 50.5 Å². The lowest BCUT2D eigenvalue weighted by molar-refractivity contribution is -0.123. The lowest BCUT2D eigenvalue weighted by Gasteiger charge is -2.17. The van der Waals surface area contributed by atoms with Gasteiger partial charge in [0, 0.05) is 30.9 Å². The molecule has 1 amide bonds. The number of nitrogens with one attached hydrogen (secondary N) is 3. The minimum absolute atomic E-state index is 0.0424. The van der Waals surface area contributed by atoms with Gasteiger partial charge in [-0.2, -0.15) is 0 Å². The van der Waals surface area contributed by atoms with Gasteiger partial charge < -0.3 is 10.3 Å². The quantitative estimate of drug-likeness (QED) is 0.496. The largest absolute Gasteiger partial charge is 0.361 e. The molecule has 1 fully saturated rings. The van der Waals surface area contributed by atoms with E-state index in [1.54, 1.807) is 24.3 Å². The van der Waals surface area contributed by atoms with Crippen LogP contribution in [0.2, 0.25) is 0 Å². The number of aromatic amines is 1. The van der Waals surface area contributed by atoms with Crippen molar-refractivity contribution >= 4 is 33.9 Å². The molecule has 37 heavy (non-hydrogen) atoms. The molecule has 0 bridgehead atoms. The molecular weight excluding hydrogens is 486 g/mol. The summed E-state index contributed by atoms with van der Waals surface area (Å²) in [6.45, 7) is 4.46. The van der Waals surface area contributed by atoms with Crippen molar-refractivity contribution in [2.24, 2.45) is 5.92 Å². The number of fused-ring (bicyclic) bond motifs is 1.